The average Bonchev–Trinajstić information content (AvgIpc) is 3.16. The summed E-state index contributed by atoms with van der Waals surface area (Å²) in [6.07, 6.45) is 1.27. The van der Waals surface area contributed by atoms with E-state index in [0.29, 0.717) is 29.9 Å². The van der Waals surface area contributed by atoms with Crippen molar-refractivity contribution >= 4 is 23.1 Å². The smallest absolute Gasteiger partial charge is 0.295 e. The molecule has 1 aliphatic heterocycles. The number of aliphatic hydroxyl groups excluding tert-OH is 1. The molecule has 1 unspecified atom stereocenters. The van der Waals surface area contributed by atoms with Gasteiger partial charge in [-0.25, -0.2) is 0 Å². The molecular formula is C28H26N2O6. The molecule has 1 fully saturated rings. The first-order chi connectivity index (χ1) is 17.4. The van der Waals surface area contributed by atoms with E-state index in [1.165, 1.54) is 23.1 Å². The molecule has 184 valence electrons. The molecule has 0 spiro atoms. The molecule has 0 bridgehead atoms. The Morgan fingerprint density at radius 1 is 1.03 bits per heavy atom. The Bertz CT molecular complexity index is 1320. The minimum atomic E-state index is -0.978. The lowest BCUT2D eigenvalue weighted by molar-refractivity contribution is -0.384. The Balaban J connectivity index is 1.80. The van der Waals surface area contributed by atoms with Gasteiger partial charge in [0.05, 0.1) is 23.1 Å². The van der Waals surface area contributed by atoms with Crippen LogP contribution in [0.5, 0.6) is 5.75 Å². The number of nitro groups is 1. The molecule has 1 heterocycles. The number of rotatable bonds is 9. The minimum Gasteiger partial charge on any atom is -0.507 e. The van der Waals surface area contributed by atoms with E-state index in [1.54, 1.807) is 30.3 Å². The number of aliphatic hydroxyl groups is 1. The molecule has 8 heteroatoms. The van der Waals surface area contributed by atoms with Crippen LogP contribution in [-0.2, 0) is 16.0 Å². The number of nitrogens with zero attached hydrogens (tertiary/aromatic N) is 2. The summed E-state index contributed by atoms with van der Waals surface area (Å²) in [5, 5.41) is 22.7. The number of ketones is 1. The average molecular weight is 487 g/mol. The van der Waals surface area contributed by atoms with E-state index in [2.05, 4.69) is 0 Å². The summed E-state index contributed by atoms with van der Waals surface area (Å²) in [4.78, 5) is 38.7. The second kappa shape index (κ2) is 10.9. The lowest BCUT2D eigenvalue weighted by Crippen LogP contribution is -2.31. The predicted octanol–water partition coefficient (Wildman–Crippen LogP) is 5.05. The number of nitro benzene ring substituents is 1. The SMILES string of the molecule is CCCOc1cccc(/C(O)=C2\C(=O)C(=O)N(CCc3ccccc3)C2c2cccc([N+](=O)[O-])c2)c1. The third kappa shape index (κ3) is 5.12. The molecule has 1 aliphatic rings. The zero-order chi connectivity index (χ0) is 25.7. The Labute approximate surface area is 208 Å². The minimum absolute atomic E-state index is 0.110. The van der Waals surface area contributed by atoms with Crippen LogP contribution >= 0.6 is 0 Å². The summed E-state index contributed by atoms with van der Waals surface area (Å²) in [6.45, 7) is 2.65. The number of ether oxygens (including phenoxy) is 1. The number of benzene rings is 3. The van der Waals surface area contributed by atoms with Gasteiger partial charge in [0.25, 0.3) is 17.4 Å². The number of carbonyl (C=O) groups excluding carboxylic acids is 2. The molecule has 3 aromatic carbocycles. The highest BCUT2D eigenvalue weighted by atomic mass is 16.6. The fraction of sp³-hybridized carbons (Fsp3) is 0.214. The number of hydrogen-bond donors (Lipinski definition) is 1. The third-order valence-corrected chi connectivity index (χ3v) is 6.00. The summed E-state index contributed by atoms with van der Waals surface area (Å²) in [7, 11) is 0. The van der Waals surface area contributed by atoms with Crippen molar-refractivity contribution in [3.8, 4) is 5.75 Å². The monoisotopic (exact) mass is 486 g/mol. The number of non-ortho nitro benzene ring substituents is 1. The van der Waals surface area contributed by atoms with Crippen molar-refractivity contribution in [3.05, 3.63) is 111 Å². The maximum absolute atomic E-state index is 13.2. The van der Waals surface area contributed by atoms with Crippen molar-refractivity contribution in [2.75, 3.05) is 13.2 Å². The fourth-order valence-corrected chi connectivity index (χ4v) is 4.27. The van der Waals surface area contributed by atoms with Crippen LogP contribution in [0.1, 0.15) is 36.1 Å². The predicted molar refractivity (Wildman–Crippen MR) is 134 cm³/mol. The molecule has 0 aromatic heterocycles. The molecule has 4 rings (SSSR count). The van der Waals surface area contributed by atoms with E-state index in [-0.39, 0.29) is 23.6 Å². The highest BCUT2D eigenvalue weighted by Crippen LogP contribution is 2.40. The van der Waals surface area contributed by atoms with Gasteiger partial charge in [0.2, 0.25) is 0 Å². The highest BCUT2D eigenvalue weighted by Gasteiger charge is 2.46. The Kier molecular flexibility index (Phi) is 7.44. The van der Waals surface area contributed by atoms with Crippen LogP contribution in [0, 0.1) is 10.1 Å². The first kappa shape index (κ1) is 24.7. The van der Waals surface area contributed by atoms with Crippen molar-refractivity contribution < 1.29 is 24.4 Å². The Morgan fingerprint density at radius 2 is 1.78 bits per heavy atom. The molecule has 1 amide bonds. The standard InChI is InChI=1S/C28H26N2O6/c1-2-16-36-23-13-7-11-21(18-23)26(31)24-25(20-10-6-12-22(17-20)30(34)35)29(28(33)27(24)32)15-14-19-8-4-3-5-9-19/h3-13,17-18,25,31H,2,14-16H2,1H3/b26-24+. The van der Waals surface area contributed by atoms with Crippen LogP contribution in [0.15, 0.2) is 84.4 Å². The van der Waals surface area contributed by atoms with Gasteiger partial charge in [0.15, 0.2) is 0 Å². The molecule has 1 saturated heterocycles. The van der Waals surface area contributed by atoms with Crippen molar-refractivity contribution in [1.29, 1.82) is 0 Å². The molecular weight excluding hydrogens is 460 g/mol. The molecule has 0 aliphatic carbocycles. The van der Waals surface area contributed by atoms with E-state index in [9.17, 15) is 24.8 Å². The molecule has 1 N–H and O–H groups in total. The van der Waals surface area contributed by atoms with Crippen LogP contribution in [-0.4, -0.2) is 39.8 Å². The van der Waals surface area contributed by atoms with E-state index >= 15 is 0 Å². The number of hydrogen-bond acceptors (Lipinski definition) is 6. The van der Waals surface area contributed by atoms with Crippen molar-refractivity contribution in [1.82, 2.24) is 4.90 Å². The topological polar surface area (TPSA) is 110 Å². The summed E-state index contributed by atoms with van der Waals surface area (Å²) in [5.74, 6) is -1.43. The van der Waals surface area contributed by atoms with Gasteiger partial charge in [0, 0.05) is 24.2 Å². The van der Waals surface area contributed by atoms with Gasteiger partial charge in [0.1, 0.15) is 11.5 Å². The van der Waals surface area contributed by atoms with Gasteiger partial charge in [-0.05, 0) is 36.1 Å². The van der Waals surface area contributed by atoms with Gasteiger partial charge >= 0.3 is 0 Å². The second-order valence-electron chi connectivity index (χ2n) is 8.46. The first-order valence-corrected chi connectivity index (χ1v) is 11.7. The van der Waals surface area contributed by atoms with Gasteiger partial charge in [-0.2, -0.15) is 0 Å². The van der Waals surface area contributed by atoms with Gasteiger partial charge in [-0.1, -0.05) is 61.5 Å². The maximum atomic E-state index is 13.2. The zero-order valence-electron chi connectivity index (χ0n) is 19.8. The number of likely N-dealkylation sites (tertiary alicyclic amines) is 1. The first-order valence-electron chi connectivity index (χ1n) is 11.7. The van der Waals surface area contributed by atoms with Crippen molar-refractivity contribution in [2.45, 2.75) is 25.8 Å². The van der Waals surface area contributed by atoms with E-state index in [1.807, 2.05) is 37.3 Å². The number of amides is 1. The summed E-state index contributed by atoms with van der Waals surface area (Å²) in [5.41, 5.74) is 1.38. The van der Waals surface area contributed by atoms with Crippen molar-refractivity contribution in [3.63, 3.8) is 0 Å². The maximum Gasteiger partial charge on any atom is 0.295 e. The van der Waals surface area contributed by atoms with E-state index in [4.69, 9.17) is 4.74 Å². The van der Waals surface area contributed by atoms with Crippen LogP contribution < -0.4 is 4.74 Å². The van der Waals surface area contributed by atoms with Gasteiger partial charge in [-0.15, -0.1) is 0 Å². The lowest BCUT2D eigenvalue weighted by atomic mass is 9.94. The molecule has 0 radical (unpaired) electrons. The quantitative estimate of drug-likeness (QED) is 0.149. The number of carbonyl (C=O) groups is 2. The molecule has 36 heavy (non-hydrogen) atoms. The summed E-state index contributed by atoms with van der Waals surface area (Å²) >= 11 is 0. The highest BCUT2D eigenvalue weighted by molar-refractivity contribution is 6.46. The fourth-order valence-electron chi connectivity index (χ4n) is 4.27. The van der Waals surface area contributed by atoms with Crippen molar-refractivity contribution in [2.24, 2.45) is 0 Å². The second-order valence-corrected chi connectivity index (χ2v) is 8.46. The number of Topliss-reactive ketones (excluding diaryl/α,β-unsaturated/α-hetero) is 1. The van der Waals surface area contributed by atoms with Crippen LogP contribution in [0.25, 0.3) is 5.76 Å². The zero-order valence-corrected chi connectivity index (χ0v) is 19.8. The van der Waals surface area contributed by atoms with E-state index < -0.39 is 22.7 Å². The molecule has 1 atom stereocenters. The van der Waals surface area contributed by atoms with Crippen LogP contribution in [0.2, 0.25) is 0 Å². The Hall–Kier alpha value is -4.46. The Morgan fingerprint density at radius 3 is 2.50 bits per heavy atom. The summed E-state index contributed by atoms with van der Waals surface area (Å²) in [6, 6.07) is 21.0. The largest absolute Gasteiger partial charge is 0.507 e. The normalized spacial score (nSPS) is 16.8. The van der Waals surface area contributed by atoms with Crippen LogP contribution in [0.4, 0.5) is 5.69 Å². The molecule has 3 aromatic rings. The molecule has 8 nitrogen and oxygen atoms in total. The van der Waals surface area contributed by atoms with Gasteiger partial charge in [-0.3, -0.25) is 19.7 Å². The van der Waals surface area contributed by atoms with E-state index in [0.717, 1.165) is 12.0 Å². The van der Waals surface area contributed by atoms with Crippen LogP contribution in [0.3, 0.4) is 0 Å². The lowest BCUT2D eigenvalue weighted by Gasteiger charge is -2.25. The molecule has 0 saturated carbocycles. The summed E-state index contributed by atoms with van der Waals surface area (Å²) < 4.78 is 5.65. The van der Waals surface area contributed by atoms with Gasteiger partial charge < -0.3 is 14.7 Å². The third-order valence-electron chi connectivity index (χ3n) is 6.00.